The van der Waals surface area contributed by atoms with Gasteiger partial charge in [0.25, 0.3) is 0 Å². The monoisotopic (exact) mass is 413 g/mol. The number of aryl methyl sites for hydroxylation is 1. The molecule has 9 heteroatoms. The van der Waals surface area contributed by atoms with Crippen molar-refractivity contribution in [1.82, 2.24) is 19.3 Å². The Bertz CT molecular complexity index is 1120. The van der Waals surface area contributed by atoms with Crippen molar-refractivity contribution in [3.63, 3.8) is 0 Å². The number of benzene rings is 1. The quantitative estimate of drug-likeness (QED) is 0.688. The fourth-order valence-corrected chi connectivity index (χ4v) is 5.16. The number of anilines is 2. The molecule has 1 aromatic carbocycles. The van der Waals surface area contributed by atoms with Crippen molar-refractivity contribution in [1.29, 1.82) is 0 Å². The molecule has 7 nitrogen and oxygen atoms in total. The van der Waals surface area contributed by atoms with Gasteiger partial charge in [-0.2, -0.15) is 4.31 Å². The number of hydrogen-bond acceptors (Lipinski definition) is 6. The average molecular weight is 413 g/mol. The standard InChI is InChI=1S/C20H20FN5O2S/c1-14-11-15(7-8-16(14)21)29(27,28)26-10-4-5-18(26)17-12-22-13-20(24-17)25-19-6-2-3-9-23-19/h2-3,6-9,11-13,18H,4-5,10H2,1H3,(H,23,24,25)/t18-/m1/s1. The fourth-order valence-electron chi connectivity index (χ4n) is 3.41. The van der Waals surface area contributed by atoms with Gasteiger partial charge in [0, 0.05) is 12.7 Å². The van der Waals surface area contributed by atoms with Crippen LogP contribution in [0.4, 0.5) is 16.0 Å². The van der Waals surface area contributed by atoms with Crippen LogP contribution in [0.2, 0.25) is 0 Å². The Morgan fingerprint density at radius 2 is 2.03 bits per heavy atom. The van der Waals surface area contributed by atoms with Crippen molar-refractivity contribution < 1.29 is 12.8 Å². The molecular formula is C20H20FN5O2S. The normalized spacial score (nSPS) is 17.4. The number of sulfonamides is 1. The molecule has 3 aromatic rings. The Hall–Kier alpha value is -2.91. The summed E-state index contributed by atoms with van der Waals surface area (Å²) in [6.45, 7) is 1.93. The first kappa shape index (κ1) is 19.4. The first-order valence-corrected chi connectivity index (χ1v) is 10.7. The van der Waals surface area contributed by atoms with Crippen molar-refractivity contribution in [3.8, 4) is 0 Å². The van der Waals surface area contributed by atoms with Crippen molar-refractivity contribution in [2.24, 2.45) is 0 Å². The van der Waals surface area contributed by atoms with Crippen LogP contribution in [0, 0.1) is 12.7 Å². The van der Waals surface area contributed by atoms with Crippen LogP contribution in [0.25, 0.3) is 0 Å². The lowest BCUT2D eigenvalue weighted by Gasteiger charge is -2.24. The number of nitrogens with one attached hydrogen (secondary N) is 1. The molecule has 0 saturated carbocycles. The Kier molecular flexibility index (Phi) is 5.25. The molecule has 1 aliphatic heterocycles. The van der Waals surface area contributed by atoms with Crippen molar-refractivity contribution >= 4 is 21.7 Å². The molecule has 0 radical (unpaired) electrons. The highest BCUT2D eigenvalue weighted by Gasteiger charge is 2.37. The molecular weight excluding hydrogens is 393 g/mol. The lowest BCUT2D eigenvalue weighted by Crippen LogP contribution is -2.31. The maximum atomic E-state index is 13.6. The molecule has 1 fully saturated rings. The molecule has 2 aromatic heterocycles. The molecule has 1 atom stereocenters. The SMILES string of the molecule is Cc1cc(S(=O)(=O)N2CCC[C@@H]2c2cncc(Nc3ccccn3)n2)ccc1F. The third-order valence-electron chi connectivity index (χ3n) is 4.86. The Morgan fingerprint density at radius 1 is 1.17 bits per heavy atom. The van der Waals surface area contributed by atoms with Gasteiger partial charge >= 0.3 is 0 Å². The van der Waals surface area contributed by atoms with Crippen molar-refractivity contribution in [2.75, 3.05) is 11.9 Å². The third kappa shape index (κ3) is 3.96. The summed E-state index contributed by atoms with van der Waals surface area (Å²) in [6, 6.07) is 8.89. The van der Waals surface area contributed by atoms with Gasteiger partial charge in [0.1, 0.15) is 17.5 Å². The minimum absolute atomic E-state index is 0.0824. The Balaban J connectivity index is 1.63. The Labute approximate surface area is 168 Å². The molecule has 29 heavy (non-hydrogen) atoms. The molecule has 0 amide bonds. The lowest BCUT2D eigenvalue weighted by atomic mass is 10.2. The van der Waals surface area contributed by atoms with Gasteiger partial charge in [-0.1, -0.05) is 6.07 Å². The predicted octanol–water partition coefficient (Wildman–Crippen LogP) is 3.59. The highest BCUT2D eigenvalue weighted by Crippen LogP contribution is 2.36. The first-order chi connectivity index (χ1) is 13.9. The van der Waals surface area contributed by atoms with Crippen LogP contribution < -0.4 is 5.32 Å². The maximum Gasteiger partial charge on any atom is 0.243 e. The van der Waals surface area contributed by atoms with E-state index in [4.69, 9.17) is 0 Å². The van der Waals surface area contributed by atoms with E-state index in [-0.39, 0.29) is 4.90 Å². The van der Waals surface area contributed by atoms with E-state index in [0.717, 1.165) is 0 Å². The van der Waals surface area contributed by atoms with Crippen molar-refractivity contribution in [2.45, 2.75) is 30.7 Å². The van der Waals surface area contributed by atoms with Crippen LogP contribution in [-0.4, -0.2) is 34.2 Å². The molecule has 4 rings (SSSR count). The van der Waals surface area contributed by atoms with Gasteiger partial charge in [-0.05, 0) is 55.7 Å². The highest BCUT2D eigenvalue weighted by molar-refractivity contribution is 7.89. The second-order valence-corrected chi connectivity index (χ2v) is 8.74. The maximum absolute atomic E-state index is 13.6. The predicted molar refractivity (Wildman–Crippen MR) is 107 cm³/mol. The minimum atomic E-state index is -3.78. The average Bonchev–Trinajstić information content (AvgIpc) is 3.22. The zero-order valence-electron chi connectivity index (χ0n) is 15.8. The summed E-state index contributed by atoms with van der Waals surface area (Å²) in [5.74, 6) is 0.681. The smallest absolute Gasteiger partial charge is 0.243 e. The van der Waals surface area contributed by atoms with Gasteiger partial charge in [-0.3, -0.25) is 4.98 Å². The molecule has 0 bridgehead atoms. The van der Waals surface area contributed by atoms with Crippen LogP contribution in [0.5, 0.6) is 0 Å². The largest absolute Gasteiger partial charge is 0.324 e. The molecule has 3 heterocycles. The van der Waals surface area contributed by atoms with E-state index in [2.05, 4.69) is 20.3 Å². The minimum Gasteiger partial charge on any atom is -0.324 e. The van der Waals surface area contributed by atoms with Crippen LogP contribution in [0.3, 0.4) is 0 Å². The zero-order chi connectivity index (χ0) is 20.4. The molecule has 1 N–H and O–H groups in total. The van der Waals surface area contributed by atoms with Gasteiger partial charge in [0.05, 0.1) is 29.0 Å². The molecule has 0 aliphatic carbocycles. The van der Waals surface area contributed by atoms with E-state index in [9.17, 15) is 12.8 Å². The van der Waals surface area contributed by atoms with Gasteiger partial charge in [-0.15, -0.1) is 0 Å². The molecule has 0 spiro atoms. The zero-order valence-corrected chi connectivity index (χ0v) is 16.6. The number of hydrogen-bond donors (Lipinski definition) is 1. The lowest BCUT2D eigenvalue weighted by molar-refractivity contribution is 0.390. The van der Waals surface area contributed by atoms with Gasteiger partial charge < -0.3 is 5.32 Å². The van der Waals surface area contributed by atoms with E-state index < -0.39 is 21.9 Å². The highest BCUT2D eigenvalue weighted by atomic mass is 32.2. The van der Waals surface area contributed by atoms with E-state index in [1.54, 1.807) is 31.6 Å². The number of aromatic nitrogens is 3. The number of pyridine rings is 1. The molecule has 1 aliphatic rings. The molecule has 0 unspecified atom stereocenters. The number of halogens is 1. The first-order valence-electron chi connectivity index (χ1n) is 9.23. The van der Waals surface area contributed by atoms with E-state index in [1.165, 1.54) is 22.5 Å². The summed E-state index contributed by atoms with van der Waals surface area (Å²) < 4.78 is 41.4. The van der Waals surface area contributed by atoms with E-state index in [1.807, 2.05) is 12.1 Å². The fraction of sp³-hybridized carbons (Fsp3) is 0.250. The van der Waals surface area contributed by atoms with E-state index in [0.29, 0.717) is 42.3 Å². The summed E-state index contributed by atoms with van der Waals surface area (Å²) in [4.78, 5) is 13.1. The molecule has 150 valence electrons. The van der Waals surface area contributed by atoms with Crippen LogP contribution in [0.1, 0.15) is 30.1 Å². The van der Waals surface area contributed by atoms with Crippen LogP contribution in [0.15, 0.2) is 59.9 Å². The Morgan fingerprint density at radius 3 is 2.79 bits per heavy atom. The number of nitrogens with zero attached hydrogens (tertiary/aromatic N) is 4. The van der Waals surface area contributed by atoms with Gasteiger partial charge in [-0.25, -0.2) is 22.8 Å². The van der Waals surface area contributed by atoms with Gasteiger partial charge in [0.15, 0.2) is 0 Å². The topological polar surface area (TPSA) is 88.1 Å². The van der Waals surface area contributed by atoms with Gasteiger partial charge in [0.2, 0.25) is 10.0 Å². The number of rotatable bonds is 5. The second kappa shape index (κ2) is 7.84. The summed E-state index contributed by atoms with van der Waals surface area (Å²) in [5.41, 5.74) is 0.856. The van der Waals surface area contributed by atoms with Crippen LogP contribution in [-0.2, 0) is 10.0 Å². The summed E-state index contributed by atoms with van der Waals surface area (Å²) in [5, 5.41) is 3.07. The second-order valence-electron chi connectivity index (χ2n) is 6.85. The third-order valence-corrected chi connectivity index (χ3v) is 6.76. The van der Waals surface area contributed by atoms with Crippen molar-refractivity contribution in [3.05, 3.63) is 72.1 Å². The summed E-state index contributed by atoms with van der Waals surface area (Å²) >= 11 is 0. The molecule has 1 saturated heterocycles. The van der Waals surface area contributed by atoms with Crippen LogP contribution >= 0.6 is 0 Å². The summed E-state index contributed by atoms with van der Waals surface area (Å²) in [6.07, 6.45) is 6.16. The van der Waals surface area contributed by atoms with E-state index >= 15 is 0 Å². The summed E-state index contributed by atoms with van der Waals surface area (Å²) in [7, 11) is -3.78.